The van der Waals surface area contributed by atoms with Gasteiger partial charge in [-0.05, 0) is 24.6 Å². The minimum absolute atomic E-state index is 0.151. The van der Waals surface area contributed by atoms with Crippen LogP contribution >= 0.6 is 11.6 Å². The fourth-order valence-corrected chi connectivity index (χ4v) is 1.88. The molecule has 0 aliphatic rings. The molecular formula is C13H13ClN2O2. The Labute approximate surface area is 110 Å². The van der Waals surface area contributed by atoms with Gasteiger partial charge in [-0.2, -0.15) is 0 Å². The highest BCUT2D eigenvalue weighted by molar-refractivity contribution is 6.31. The van der Waals surface area contributed by atoms with Gasteiger partial charge >= 0.3 is 0 Å². The minimum Gasteiger partial charge on any atom is -0.508 e. The molecule has 0 radical (unpaired) electrons. The van der Waals surface area contributed by atoms with E-state index in [2.05, 4.69) is 5.32 Å². The smallest absolute Gasteiger partial charge is 0.272 e. The van der Waals surface area contributed by atoms with E-state index in [0.29, 0.717) is 16.4 Å². The predicted molar refractivity (Wildman–Crippen MR) is 71.2 cm³/mol. The summed E-state index contributed by atoms with van der Waals surface area (Å²) < 4.78 is 1.64. The van der Waals surface area contributed by atoms with Crippen molar-refractivity contribution in [3.8, 4) is 5.75 Å². The summed E-state index contributed by atoms with van der Waals surface area (Å²) in [5.74, 6) is -0.120. The van der Waals surface area contributed by atoms with E-state index in [1.54, 1.807) is 42.9 Å². The van der Waals surface area contributed by atoms with Crippen molar-refractivity contribution in [3.63, 3.8) is 0 Å². The second-order valence-corrected chi connectivity index (χ2v) is 4.55. The van der Waals surface area contributed by atoms with Gasteiger partial charge in [0.2, 0.25) is 0 Å². The zero-order chi connectivity index (χ0) is 13.3. The lowest BCUT2D eigenvalue weighted by Crippen LogP contribution is -2.15. The van der Waals surface area contributed by atoms with Gasteiger partial charge in [-0.15, -0.1) is 0 Å². The maximum atomic E-state index is 12.0. The van der Waals surface area contributed by atoms with Crippen LogP contribution in [0.1, 0.15) is 16.1 Å². The summed E-state index contributed by atoms with van der Waals surface area (Å²) in [6, 6.07) is 6.57. The van der Waals surface area contributed by atoms with Crippen LogP contribution in [-0.4, -0.2) is 15.6 Å². The third kappa shape index (κ3) is 2.49. The number of carbonyl (C=O) groups excluding carboxylic acids is 1. The van der Waals surface area contributed by atoms with Crippen LogP contribution in [0, 0.1) is 6.92 Å². The molecule has 94 valence electrons. The highest BCUT2D eigenvalue weighted by Gasteiger charge is 2.11. The van der Waals surface area contributed by atoms with Gasteiger partial charge in [0.25, 0.3) is 5.91 Å². The van der Waals surface area contributed by atoms with Crippen LogP contribution in [0.2, 0.25) is 5.02 Å². The summed E-state index contributed by atoms with van der Waals surface area (Å²) in [5.41, 5.74) is 1.76. The van der Waals surface area contributed by atoms with Gasteiger partial charge in [-0.25, -0.2) is 0 Å². The Hall–Kier alpha value is -1.94. The largest absolute Gasteiger partial charge is 0.508 e. The standard InChI is InChI=1S/C13H13ClN2O2/c1-8-3-4-10(6-12(8)17)15-13(18)11-5-9(14)7-16(11)2/h3-7,17H,1-2H3,(H,15,18). The monoisotopic (exact) mass is 264 g/mol. The van der Waals surface area contributed by atoms with Gasteiger partial charge in [-0.3, -0.25) is 4.79 Å². The third-order valence-corrected chi connectivity index (χ3v) is 2.88. The number of phenolic OH excluding ortho intramolecular Hbond substituents is 1. The summed E-state index contributed by atoms with van der Waals surface area (Å²) in [7, 11) is 1.74. The summed E-state index contributed by atoms with van der Waals surface area (Å²) in [6.45, 7) is 1.79. The SMILES string of the molecule is Cc1ccc(NC(=O)c2cc(Cl)cn2C)cc1O. The number of halogens is 1. The quantitative estimate of drug-likeness (QED) is 0.876. The molecule has 0 fully saturated rings. The minimum atomic E-state index is -0.271. The lowest BCUT2D eigenvalue weighted by atomic mass is 10.2. The molecule has 0 saturated heterocycles. The number of rotatable bonds is 2. The molecule has 1 amide bonds. The lowest BCUT2D eigenvalue weighted by molar-refractivity contribution is 0.101. The Bertz CT molecular complexity index is 605. The molecule has 0 saturated carbocycles. The van der Waals surface area contributed by atoms with E-state index in [0.717, 1.165) is 5.56 Å². The number of nitrogens with zero attached hydrogens (tertiary/aromatic N) is 1. The number of hydrogen-bond acceptors (Lipinski definition) is 2. The first kappa shape index (κ1) is 12.5. The molecule has 0 aliphatic carbocycles. The van der Waals surface area contributed by atoms with Crippen LogP contribution < -0.4 is 5.32 Å². The molecule has 4 nitrogen and oxygen atoms in total. The molecule has 1 heterocycles. The highest BCUT2D eigenvalue weighted by Crippen LogP contribution is 2.21. The Morgan fingerprint density at radius 3 is 2.67 bits per heavy atom. The van der Waals surface area contributed by atoms with Crippen molar-refractivity contribution in [2.75, 3.05) is 5.32 Å². The number of carbonyl (C=O) groups is 1. The number of aryl methyl sites for hydroxylation is 2. The maximum absolute atomic E-state index is 12.0. The molecule has 0 bridgehead atoms. The fraction of sp³-hybridized carbons (Fsp3) is 0.154. The Morgan fingerprint density at radius 1 is 1.39 bits per heavy atom. The molecule has 18 heavy (non-hydrogen) atoms. The van der Waals surface area contributed by atoms with E-state index < -0.39 is 0 Å². The Kier molecular flexibility index (Phi) is 3.30. The van der Waals surface area contributed by atoms with Crippen molar-refractivity contribution in [3.05, 3.63) is 46.7 Å². The first-order chi connectivity index (χ1) is 8.47. The van der Waals surface area contributed by atoms with E-state index in [1.165, 1.54) is 6.07 Å². The number of anilines is 1. The van der Waals surface area contributed by atoms with Crippen LogP contribution in [0.4, 0.5) is 5.69 Å². The summed E-state index contributed by atoms with van der Waals surface area (Å²) in [4.78, 5) is 12.0. The molecule has 5 heteroatoms. The maximum Gasteiger partial charge on any atom is 0.272 e. The second-order valence-electron chi connectivity index (χ2n) is 4.11. The van der Waals surface area contributed by atoms with E-state index in [-0.39, 0.29) is 11.7 Å². The predicted octanol–water partition coefficient (Wildman–Crippen LogP) is 2.94. The zero-order valence-corrected chi connectivity index (χ0v) is 10.8. The summed E-state index contributed by atoms with van der Waals surface area (Å²) >= 11 is 5.82. The van der Waals surface area contributed by atoms with Crippen molar-refractivity contribution < 1.29 is 9.90 Å². The highest BCUT2D eigenvalue weighted by atomic mass is 35.5. The molecule has 2 aromatic rings. The van der Waals surface area contributed by atoms with Gasteiger partial charge in [0.1, 0.15) is 11.4 Å². The fourth-order valence-electron chi connectivity index (χ4n) is 1.63. The molecule has 1 aromatic carbocycles. The summed E-state index contributed by atoms with van der Waals surface area (Å²) in [5, 5.41) is 12.8. The molecule has 1 aromatic heterocycles. The molecule has 2 rings (SSSR count). The molecule has 2 N–H and O–H groups in total. The normalized spacial score (nSPS) is 10.4. The first-order valence-corrected chi connectivity index (χ1v) is 5.78. The lowest BCUT2D eigenvalue weighted by Gasteiger charge is -2.07. The molecular weight excluding hydrogens is 252 g/mol. The van der Waals surface area contributed by atoms with Crippen LogP contribution in [0.15, 0.2) is 30.5 Å². The van der Waals surface area contributed by atoms with Gasteiger partial charge < -0.3 is 15.0 Å². The average Bonchev–Trinajstić information content (AvgIpc) is 2.63. The van der Waals surface area contributed by atoms with Crippen LogP contribution in [0.5, 0.6) is 5.75 Å². The van der Waals surface area contributed by atoms with Gasteiger partial charge in [0.05, 0.1) is 5.02 Å². The number of hydrogen-bond donors (Lipinski definition) is 2. The van der Waals surface area contributed by atoms with Gasteiger partial charge in [0, 0.05) is 25.0 Å². The van der Waals surface area contributed by atoms with Crippen LogP contribution in [0.3, 0.4) is 0 Å². The number of amides is 1. The van der Waals surface area contributed by atoms with Crippen molar-refractivity contribution in [2.45, 2.75) is 6.92 Å². The summed E-state index contributed by atoms with van der Waals surface area (Å²) in [6.07, 6.45) is 1.66. The zero-order valence-electron chi connectivity index (χ0n) is 10.1. The number of phenols is 1. The van der Waals surface area contributed by atoms with Crippen molar-refractivity contribution in [1.82, 2.24) is 4.57 Å². The third-order valence-electron chi connectivity index (χ3n) is 2.67. The van der Waals surface area contributed by atoms with Gasteiger partial charge in [0.15, 0.2) is 0 Å². The first-order valence-electron chi connectivity index (χ1n) is 5.40. The molecule has 0 aliphatic heterocycles. The topological polar surface area (TPSA) is 54.3 Å². The molecule has 0 atom stereocenters. The average molecular weight is 265 g/mol. The number of nitrogens with one attached hydrogen (secondary N) is 1. The van der Waals surface area contributed by atoms with Crippen molar-refractivity contribution in [2.24, 2.45) is 7.05 Å². The second kappa shape index (κ2) is 4.74. The van der Waals surface area contributed by atoms with Crippen LogP contribution in [-0.2, 0) is 7.05 Å². The number of benzene rings is 1. The van der Waals surface area contributed by atoms with E-state index in [9.17, 15) is 9.90 Å². The van der Waals surface area contributed by atoms with E-state index >= 15 is 0 Å². The number of aromatic nitrogens is 1. The van der Waals surface area contributed by atoms with Gasteiger partial charge in [-0.1, -0.05) is 17.7 Å². The van der Waals surface area contributed by atoms with Crippen molar-refractivity contribution >= 4 is 23.2 Å². The van der Waals surface area contributed by atoms with E-state index in [1.807, 2.05) is 0 Å². The molecule has 0 unspecified atom stereocenters. The van der Waals surface area contributed by atoms with E-state index in [4.69, 9.17) is 11.6 Å². The Balaban J connectivity index is 2.21. The Morgan fingerprint density at radius 2 is 2.11 bits per heavy atom. The molecule has 0 spiro atoms. The van der Waals surface area contributed by atoms with Crippen LogP contribution in [0.25, 0.3) is 0 Å². The van der Waals surface area contributed by atoms with Crippen molar-refractivity contribution in [1.29, 1.82) is 0 Å². The number of aromatic hydroxyl groups is 1.